The van der Waals surface area contributed by atoms with Crippen LogP contribution in [0, 0.1) is 5.92 Å². The Balaban J connectivity index is 2.93. The van der Waals surface area contributed by atoms with Gasteiger partial charge in [-0.3, -0.25) is 0 Å². The van der Waals surface area contributed by atoms with Crippen LogP contribution in [-0.2, 0) is 0 Å². The van der Waals surface area contributed by atoms with Crippen molar-refractivity contribution in [2.45, 2.75) is 37.7 Å². The minimum absolute atomic E-state index is 0.316. The molecule has 0 aliphatic carbocycles. The molecule has 1 aromatic rings. The van der Waals surface area contributed by atoms with Crippen LogP contribution in [0.2, 0.25) is 0 Å². The van der Waals surface area contributed by atoms with E-state index in [2.05, 4.69) is 26.2 Å². The average molecular weight is 224 g/mol. The van der Waals surface area contributed by atoms with Crippen LogP contribution < -0.4 is 0 Å². The third-order valence-electron chi connectivity index (χ3n) is 2.95. The summed E-state index contributed by atoms with van der Waals surface area (Å²) in [7, 11) is 0. The smallest absolute Gasteiger partial charge is 0.0828 e. The molecule has 1 rings (SSSR count). The quantitative estimate of drug-likeness (QED) is 0.766. The molecule has 0 heterocycles. The lowest BCUT2D eigenvalue weighted by atomic mass is 9.91. The molecule has 1 nitrogen and oxygen atoms in total. The molecule has 0 bridgehead atoms. The molecule has 1 unspecified atom stereocenters. The molecule has 1 atom stereocenters. The number of aliphatic hydroxyl groups is 1. The molecule has 0 radical (unpaired) electrons. The first-order valence-electron chi connectivity index (χ1n) is 5.55. The molecule has 0 fully saturated rings. The molecule has 0 saturated carbocycles. The Labute approximate surface area is 96.9 Å². The molecule has 1 aromatic carbocycles. The Bertz CT molecular complexity index is 294. The maximum absolute atomic E-state index is 10.3. The van der Waals surface area contributed by atoms with Gasteiger partial charge >= 0.3 is 0 Å². The number of rotatable bonds is 5. The van der Waals surface area contributed by atoms with Gasteiger partial charge in [0.1, 0.15) is 0 Å². The fraction of sp³-hybridized carbons (Fsp3) is 0.538. The van der Waals surface area contributed by atoms with Gasteiger partial charge in [-0.1, -0.05) is 44.9 Å². The highest BCUT2D eigenvalue weighted by Crippen LogP contribution is 2.32. The second-order valence-corrected chi connectivity index (χ2v) is 4.61. The van der Waals surface area contributed by atoms with Crippen molar-refractivity contribution in [1.29, 1.82) is 0 Å². The molecule has 0 amide bonds. The Morgan fingerprint density at radius 1 is 1.20 bits per heavy atom. The molecule has 15 heavy (non-hydrogen) atoms. The standard InChI is InChI=1S/C13H20OS/c1-4-10(5-2)13(14)11-8-6-7-9-12(11)15-3/h6-10,13-14H,4-5H2,1-3H3. The summed E-state index contributed by atoms with van der Waals surface area (Å²) in [5, 5.41) is 10.3. The third-order valence-corrected chi connectivity index (χ3v) is 3.76. The number of hydrogen-bond acceptors (Lipinski definition) is 2. The van der Waals surface area contributed by atoms with Gasteiger partial charge in [0.2, 0.25) is 0 Å². The lowest BCUT2D eigenvalue weighted by Crippen LogP contribution is -2.11. The highest BCUT2D eigenvalue weighted by atomic mass is 32.2. The van der Waals surface area contributed by atoms with Gasteiger partial charge in [0.05, 0.1) is 6.10 Å². The van der Waals surface area contributed by atoms with Gasteiger partial charge in [-0.2, -0.15) is 0 Å². The first-order valence-corrected chi connectivity index (χ1v) is 6.78. The van der Waals surface area contributed by atoms with Crippen LogP contribution in [-0.4, -0.2) is 11.4 Å². The summed E-state index contributed by atoms with van der Waals surface area (Å²) in [5.41, 5.74) is 1.08. The molecule has 0 saturated heterocycles. The predicted octanol–water partition coefficient (Wildman–Crippen LogP) is 3.88. The highest BCUT2D eigenvalue weighted by Gasteiger charge is 2.19. The summed E-state index contributed by atoms with van der Waals surface area (Å²) in [6, 6.07) is 8.13. The van der Waals surface area contributed by atoms with Crippen molar-refractivity contribution in [3.05, 3.63) is 29.8 Å². The van der Waals surface area contributed by atoms with Crippen molar-refractivity contribution in [3.63, 3.8) is 0 Å². The van der Waals surface area contributed by atoms with Crippen molar-refractivity contribution in [2.24, 2.45) is 5.92 Å². The van der Waals surface area contributed by atoms with Crippen molar-refractivity contribution in [2.75, 3.05) is 6.26 Å². The zero-order valence-electron chi connectivity index (χ0n) is 9.73. The van der Waals surface area contributed by atoms with E-state index in [1.165, 1.54) is 4.90 Å². The maximum atomic E-state index is 10.3. The summed E-state index contributed by atoms with van der Waals surface area (Å²) in [5.74, 6) is 0.373. The molecule has 0 spiro atoms. The zero-order chi connectivity index (χ0) is 11.3. The second kappa shape index (κ2) is 6.19. The van der Waals surface area contributed by atoms with E-state index in [-0.39, 0.29) is 6.10 Å². The van der Waals surface area contributed by atoms with Gasteiger partial charge in [-0.05, 0) is 23.8 Å². The van der Waals surface area contributed by atoms with Gasteiger partial charge in [-0.15, -0.1) is 11.8 Å². The topological polar surface area (TPSA) is 20.2 Å². The minimum atomic E-state index is -0.316. The molecule has 1 N–H and O–H groups in total. The van der Waals surface area contributed by atoms with Crippen LogP contribution in [0.1, 0.15) is 38.4 Å². The molecule has 0 aliphatic rings. The first kappa shape index (κ1) is 12.6. The van der Waals surface area contributed by atoms with Crippen molar-refractivity contribution in [1.82, 2.24) is 0 Å². The fourth-order valence-corrected chi connectivity index (χ4v) is 2.54. The van der Waals surface area contributed by atoms with E-state index in [1.54, 1.807) is 11.8 Å². The molecular weight excluding hydrogens is 204 g/mol. The SMILES string of the molecule is CCC(CC)C(O)c1ccccc1SC. The lowest BCUT2D eigenvalue weighted by molar-refractivity contribution is 0.101. The van der Waals surface area contributed by atoms with Crippen molar-refractivity contribution in [3.8, 4) is 0 Å². The van der Waals surface area contributed by atoms with Crippen LogP contribution in [0.3, 0.4) is 0 Å². The number of aliphatic hydroxyl groups excluding tert-OH is 1. The Morgan fingerprint density at radius 3 is 2.33 bits per heavy atom. The predicted molar refractivity (Wildman–Crippen MR) is 67.3 cm³/mol. The van der Waals surface area contributed by atoms with Gasteiger partial charge in [-0.25, -0.2) is 0 Å². The van der Waals surface area contributed by atoms with Crippen LogP contribution in [0.4, 0.5) is 0 Å². The number of thioether (sulfide) groups is 1. The summed E-state index contributed by atoms with van der Waals surface area (Å²) in [6.07, 6.45) is 3.79. The van der Waals surface area contributed by atoms with E-state index in [1.807, 2.05) is 18.2 Å². The summed E-state index contributed by atoms with van der Waals surface area (Å²) >= 11 is 1.70. The van der Waals surface area contributed by atoms with Crippen molar-refractivity contribution >= 4 is 11.8 Å². The summed E-state index contributed by atoms with van der Waals surface area (Å²) < 4.78 is 0. The first-order chi connectivity index (χ1) is 7.24. The van der Waals surface area contributed by atoms with Crippen LogP contribution in [0.25, 0.3) is 0 Å². The van der Waals surface area contributed by atoms with E-state index in [0.29, 0.717) is 5.92 Å². The second-order valence-electron chi connectivity index (χ2n) is 3.76. The van der Waals surface area contributed by atoms with E-state index in [0.717, 1.165) is 18.4 Å². The maximum Gasteiger partial charge on any atom is 0.0828 e. The van der Waals surface area contributed by atoms with Crippen molar-refractivity contribution < 1.29 is 5.11 Å². The lowest BCUT2D eigenvalue weighted by Gasteiger charge is -2.22. The van der Waals surface area contributed by atoms with Gasteiger partial charge in [0, 0.05) is 4.90 Å². The Morgan fingerprint density at radius 2 is 1.80 bits per heavy atom. The van der Waals surface area contributed by atoms with E-state index < -0.39 is 0 Å². The molecule has 0 aliphatic heterocycles. The van der Waals surface area contributed by atoms with Crippen LogP contribution in [0.5, 0.6) is 0 Å². The van der Waals surface area contributed by atoms with Crippen LogP contribution in [0.15, 0.2) is 29.2 Å². The number of hydrogen-bond donors (Lipinski definition) is 1. The van der Waals surface area contributed by atoms with E-state index >= 15 is 0 Å². The van der Waals surface area contributed by atoms with E-state index in [4.69, 9.17) is 0 Å². The largest absolute Gasteiger partial charge is 0.388 e. The van der Waals surface area contributed by atoms with Gasteiger partial charge < -0.3 is 5.11 Å². The monoisotopic (exact) mass is 224 g/mol. The third kappa shape index (κ3) is 2.99. The van der Waals surface area contributed by atoms with Gasteiger partial charge in [0.15, 0.2) is 0 Å². The Hall–Kier alpha value is -0.470. The van der Waals surface area contributed by atoms with E-state index in [9.17, 15) is 5.11 Å². The average Bonchev–Trinajstić information content (AvgIpc) is 2.30. The normalized spacial score (nSPS) is 13.1. The van der Waals surface area contributed by atoms with Gasteiger partial charge in [0.25, 0.3) is 0 Å². The summed E-state index contributed by atoms with van der Waals surface area (Å²) in [4.78, 5) is 1.19. The molecular formula is C13H20OS. The Kier molecular flexibility index (Phi) is 5.20. The summed E-state index contributed by atoms with van der Waals surface area (Å²) in [6.45, 7) is 4.28. The van der Waals surface area contributed by atoms with Crippen LogP contribution >= 0.6 is 11.8 Å². The minimum Gasteiger partial charge on any atom is -0.388 e. The molecule has 2 heteroatoms. The highest BCUT2D eigenvalue weighted by molar-refractivity contribution is 7.98. The zero-order valence-corrected chi connectivity index (χ0v) is 10.6. The fourth-order valence-electron chi connectivity index (χ4n) is 1.90. The molecule has 84 valence electrons. The number of benzene rings is 1. The molecule has 0 aromatic heterocycles.